The molecule has 1 fully saturated rings. The van der Waals surface area contributed by atoms with Gasteiger partial charge in [0.25, 0.3) is 0 Å². The van der Waals surface area contributed by atoms with E-state index in [9.17, 15) is 13.6 Å². The van der Waals surface area contributed by atoms with Crippen molar-refractivity contribution in [1.82, 2.24) is 9.55 Å². The van der Waals surface area contributed by atoms with Gasteiger partial charge in [-0.2, -0.15) is 4.98 Å². The highest BCUT2D eigenvalue weighted by Gasteiger charge is 2.32. The molecular formula is C17H17F2N3O2. The number of aromatic nitrogens is 2. The minimum Gasteiger partial charge on any atom is -0.472 e. The number of hydrogen-bond acceptors (Lipinski definition) is 4. The van der Waals surface area contributed by atoms with Gasteiger partial charge in [-0.3, -0.25) is 4.57 Å². The van der Waals surface area contributed by atoms with Crippen LogP contribution in [0.1, 0.15) is 24.8 Å². The SMILES string of the molecule is O=c1nc(OCc2cccc(F)c2F)cc2n1C[C@@H]1CCCCN21. The quantitative estimate of drug-likeness (QED) is 0.866. The number of piperidine rings is 1. The van der Waals surface area contributed by atoms with Crippen LogP contribution >= 0.6 is 0 Å². The molecule has 1 aromatic carbocycles. The van der Waals surface area contributed by atoms with Gasteiger partial charge in [-0.1, -0.05) is 12.1 Å². The normalized spacial score (nSPS) is 19.1. The average molecular weight is 333 g/mol. The molecule has 3 heterocycles. The molecule has 1 aromatic heterocycles. The molecule has 2 aromatic rings. The number of rotatable bonds is 3. The fourth-order valence-corrected chi connectivity index (χ4v) is 3.47. The Bertz CT molecular complexity index is 837. The molecule has 0 saturated carbocycles. The lowest BCUT2D eigenvalue weighted by Crippen LogP contribution is -2.36. The molecule has 0 bridgehead atoms. The van der Waals surface area contributed by atoms with Crippen LogP contribution in [0.25, 0.3) is 0 Å². The van der Waals surface area contributed by atoms with Crippen LogP contribution in [0.3, 0.4) is 0 Å². The average Bonchev–Trinajstić information content (AvgIpc) is 2.96. The first-order chi connectivity index (χ1) is 11.6. The van der Waals surface area contributed by atoms with Crippen LogP contribution in [0.2, 0.25) is 0 Å². The Morgan fingerprint density at radius 2 is 2.17 bits per heavy atom. The highest BCUT2D eigenvalue weighted by molar-refractivity contribution is 5.47. The van der Waals surface area contributed by atoms with E-state index in [4.69, 9.17) is 4.74 Å². The molecule has 5 nitrogen and oxygen atoms in total. The van der Waals surface area contributed by atoms with Crippen molar-refractivity contribution in [3.05, 3.63) is 51.9 Å². The summed E-state index contributed by atoms with van der Waals surface area (Å²) >= 11 is 0. The lowest BCUT2D eigenvalue weighted by atomic mass is 10.0. The lowest BCUT2D eigenvalue weighted by Gasteiger charge is -2.30. The van der Waals surface area contributed by atoms with E-state index in [0.29, 0.717) is 12.6 Å². The van der Waals surface area contributed by atoms with Gasteiger partial charge >= 0.3 is 5.69 Å². The zero-order valence-electron chi connectivity index (χ0n) is 13.0. The van der Waals surface area contributed by atoms with Crippen LogP contribution in [0.15, 0.2) is 29.1 Å². The summed E-state index contributed by atoms with van der Waals surface area (Å²) in [5.74, 6) is -0.920. The summed E-state index contributed by atoms with van der Waals surface area (Å²) in [6.07, 6.45) is 3.32. The summed E-state index contributed by atoms with van der Waals surface area (Å²) in [4.78, 5) is 18.3. The van der Waals surface area contributed by atoms with Crippen molar-refractivity contribution in [2.75, 3.05) is 11.4 Å². The van der Waals surface area contributed by atoms with Crippen LogP contribution in [-0.2, 0) is 13.2 Å². The van der Waals surface area contributed by atoms with Gasteiger partial charge in [-0.05, 0) is 25.3 Å². The van der Waals surface area contributed by atoms with Gasteiger partial charge in [0, 0.05) is 30.8 Å². The molecular weight excluding hydrogens is 316 g/mol. The smallest absolute Gasteiger partial charge is 0.352 e. The molecule has 1 saturated heterocycles. The van der Waals surface area contributed by atoms with E-state index in [2.05, 4.69) is 9.88 Å². The summed E-state index contributed by atoms with van der Waals surface area (Å²) in [7, 11) is 0. The number of nitrogens with zero attached hydrogens (tertiary/aromatic N) is 3. The number of hydrogen-bond donors (Lipinski definition) is 0. The Morgan fingerprint density at radius 3 is 3.04 bits per heavy atom. The highest BCUT2D eigenvalue weighted by atomic mass is 19.2. The van der Waals surface area contributed by atoms with Crippen molar-refractivity contribution in [3.63, 3.8) is 0 Å². The van der Waals surface area contributed by atoms with E-state index in [1.807, 2.05) is 0 Å². The molecule has 0 radical (unpaired) electrons. The van der Waals surface area contributed by atoms with Crippen molar-refractivity contribution in [1.29, 1.82) is 0 Å². The van der Waals surface area contributed by atoms with Crippen LogP contribution in [-0.4, -0.2) is 22.1 Å². The fraction of sp³-hybridized carbons (Fsp3) is 0.412. The summed E-state index contributed by atoms with van der Waals surface area (Å²) in [5.41, 5.74) is -0.273. The van der Waals surface area contributed by atoms with E-state index < -0.39 is 11.6 Å². The van der Waals surface area contributed by atoms with Crippen molar-refractivity contribution < 1.29 is 13.5 Å². The molecule has 4 rings (SSSR count). The molecule has 7 heteroatoms. The predicted molar refractivity (Wildman–Crippen MR) is 84.2 cm³/mol. The number of anilines is 1. The first kappa shape index (κ1) is 15.1. The van der Waals surface area contributed by atoms with Gasteiger partial charge in [0.15, 0.2) is 11.6 Å². The monoisotopic (exact) mass is 333 g/mol. The lowest BCUT2D eigenvalue weighted by molar-refractivity contribution is 0.283. The third kappa shape index (κ3) is 2.53. The van der Waals surface area contributed by atoms with E-state index in [0.717, 1.165) is 31.3 Å². The molecule has 126 valence electrons. The van der Waals surface area contributed by atoms with Crippen LogP contribution in [0, 0.1) is 11.6 Å². The minimum absolute atomic E-state index is 0.0910. The van der Waals surface area contributed by atoms with Crippen molar-refractivity contribution >= 4 is 5.82 Å². The maximum atomic E-state index is 13.7. The standard InChI is InChI=1S/C17H17F2N3O2/c18-13-6-3-4-11(16(13)19)10-24-14-8-15-21-7-2-1-5-12(21)9-22(15)17(23)20-14/h3-4,6,8,12H,1-2,5,7,9-10H2/t12-/m0/s1. The van der Waals surface area contributed by atoms with Gasteiger partial charge in [0.1, 0.15) is 12.4 Å². The van der Waals surface area contributed by atoms with Crippen LogP contribution in [0.4, 0.5) is 14.6 Å². The first-order valence-corrected chi connectivity index (χ1v) is 8.07. The van der Waals surface area contributed by atoms with Crippen molar-refractivity contribution in [3.8, 4) is 5.88 Å². The molecule has 0 N–H and O–H groups in total. The topological polar surface area (TPSA) is 47.4 Å². The maximum Gasteiger partial charge on any atom is 0.352 e. The van der Waals surface area contributed by atoms with Crippen LogP contribution < -0.4 is 15.3 Å². The van der Waals surface area contributed by atoms with Gasteiger partial charge in [0.2, 0.25) is 5.88 Å². The third-order valence-corrected chi connectivity index (χ3v) is 4.69. The molecule has 24 heavy (non-hydrogen) atoms. The van der Waals surface area contributed by atoms with E-state index in [1.165, 1.54) is 18.6 Å². The highest BCUT2D eigenvalue weighted by Crippen LogP contribution is 2.32. The van der Waals surface area contributed by atoms with Crippen molar-refractivity contribution in [2.45, 2.75) is 38.5 Å². The zero-order valence-corrected chi connectivity index (χ0v) is 13.0. The van der Waals surface area contributed by atoms with Crippen molar-refractivity contribution in [2.24, 2.45) is 0 Å². The second-order valence-corrected chi connectivity index (χ2v) is 6.19. The maximum absolute atomic E-state index is 13.7. The zero-order chi connectivity index (χ0) is 16.7. The van der Waals surface area contributed by atoms with Crippen LogP contribution in [0.5, 0.6) is 5.88 Å². The Hall–Kier alpha value is -2.44. The summed E-state index contributed by atoms with van der Waals surface area (Å²) in [5, 5.41) is 0. The second kappa shape index (κ2) is 5.89. The fourth-order valence-electron chi connectivity index (χ4n) is 3.47. The Balaban J connectivity index is 1.58. The van der Waals surface area contributed by atoms with Gasteiger partial charge < -0.3 is 9.64 Å². The summed E-state index contributed by atoms with van der Waals surface area (Å²) in [6.45, 7) is 1.38. The molecule has 0 unspecified atom stereocenters. The Kier molecular flexibility index (Phi) is 3.70. The van der Waals surface area contributed by atoms with E-state index >= 15 is 0 Å². The third-order valence-electron chi connectivity index (χ3n) is 4.69. The number of ether oxygens (including phenoxy) is 1. The minimum atomic E-state index is -0.938. The Labute approximate surface area is 137 Å². The first-order valence-electron chi connectivity index (χ1n) is 8.07. The molecule has 2 aliphatic heterocycles. The largest absolute Gasteiger partial charge is 0.472 e. The molecule has 0 aliphatic carbocycles. The molecule has 0 spiro atoms. The van der Waals surface area contributed by atoms with Gasteiger partial charge in [0.05, 0.1) is 0 Å². The molecule has 0 amide bonds. The number of benzene rings is 1. The summed E-state index contributed by atoms with van der Waals surface area (Å²) < 4.78 is 34.0. The van der Waals surface area contributed by atoms with Gasteiger partial charge in [-0.15, -0.1) is 0 Å². The van der Waals surface area contributed by atoms with E-state index in [1.54, 1.807) is 10.6 Å². The molecule has 1 atom stereocenters. The summed E-state index contributed by atoms with van der Waals surface area (Å²) in [6, 6.07) is 5.96. The number of halogens is 2. The van der Waals surface area contributed by atoms with E-state index in [-0.39, 0.29) is 23.7 Å². The predicted octanol–water partition coefficient (Wildman–Crippen LogP) is 2.47. The number of fused-ring (bicyclic) bond motifs is 3. The Morgan fingerprint density at radius 1 is 1.29 bits per heavy atom. The van der Waals surface area contributed by atoms with Gasteiger partial charge in [-0.25, -0.2) is 13.6 Å². The second-order valence-electron chi connectivity index (χ2n) is 6.19. The molecule has 2 aliphatic rings.